The predicted molar refractivity (Wildman–Crippen MR) is 70.2 cm³/mol. The third-order valence-electron chi connectivity index (χ3n) is 2.52. The van der Waals surface area contributed by atoms with Crippen LogP contribution in [0, 0.1) is 0 Å². The number of ether oxygens (including phenoxy) is 1. The Labute approximate surface area is 106 Å². The molecule has 2 aromatic rings. The lowest BCUT2D eigenvalue weighted by atomic mass is 10.1. The van der Waals surface area contributed by atoms with Crippen molar-refractivity contribution in [2.75, 3.05) is 0 Å². The van der Waals surface area contributed by atoms with Crippen molar-refractivity contribution in [2.45, 2.75) is 6.42 Å². The van der Waals surface area contributed by atoms with Gasteiger partial charge in [-0.25, -0.2) is 0 Å². The van der Waals surface area contributed by atoms with Crippen molar-refractivity contribution in [1.29, 1.82) is 0 Å². The first-order chi connectivity index (χ1) is 8.72. The summed E-state index contributed by atoms with van der Waals surface area (Å²) in [5.74, 6) is 0.728. The summed E-state index contributed by atoms with van der Waals surface area (Å²) in [6.07, 6.45) is 2.31. The number of rotatable bonds is 4. The molecule has 0 amide bonds. The molecule has 0 aromatic heterocycles. The molecule has 92 valence electrons. The van der Waals surface area contributed by atoms with Crippen LogP contribution < -0.4 is 4.74 Å². The monoisotopic (exact) mass is 242 g/mol. The van der Waals surface area contributed by atoms with Gasteiger partial charge in [-0.1, -0.05) is 30.3 Å². The van der Waals surface area contributed by atoms with Gasteiger partial charge in [-0.3, -0.25) is 0 Å². The van der Waals surface area contributed by atoms with E-state index in [-0.39, 0.29) is 11.5 Å². The molecule has 0 bridgehead atoms. The molecule has 0 unspecified atom stereocenters. The van der Waals surface area contributed by atoms with Crippen molar-refractivity contribution in [3.8, 4) is 23.0 Å². The molecule has 0 spiro atoms. The molecule has 0 heterocycles. The van der Waals surface area contributed by atoms with E-state index in [9.17, 15) is 10.2 Å². The van der Waals surface area contributed by atoms with Crippen molar-refractivity contribution in [3.63, 3.8) is 0 Å². The number of allylic oxidation sites excluding steroid dienone is 1. The molecular weight excluding hydrogens is 228 g/mol. The second kappa shape index (κ2) is 5.27. The summed E-state index contributed by atoms with van der Waals surface area (Å²) in [5, 5.41) is 19.5. The van der Waals surface area contributed by atoms with Crippen LogP contribution in [0.2, 0.25) is 0 Å². The quantitative estimate of drug-likeness (QED) is 0.805. The fraction of sp³-hybridized carbons (Fsp3) is 0.0667. The highest BCUT2D eigenvalue weighted by molar-refractivity contribution is 5.50. The Bertz CT molecular complexity index is 561. The largest absolute Gasteiger partial charge is 0.504 e. The van der Waals surface area contributed by atoms with Gasteiger partial charge in [0.25, 0.3) is 0 Å². The number of hydrogen-bond acceptors (Lipinski definition) is 3. The number of phenols is 2. The minimum absolute atomic E-state index is 0.0327. The zero-order chi connectivity index (χ0) is 13.0. The Morgan fingerprint density at radius 2 is 1.72 bits per heavy atom. The maximum atomic E-state index is 9.83. The van der Waals surface area contributed by atoms with Crippen LogP contribution in [0.25, 0.3) is 0 Å². The molecule has 2 rings (SSSR count). The van der Waals surface area contributed by atoms with E-state index in [4.69, 9.17) is 4.74 Å². The van der Waals surface area contributed by atoms with Crippen molar-refractivity contribution in [1.82, 2.24) is 0 Å². The molecule has 0 atom stereocenters. The first kappa shape index (κ1) is 12.0. The molecule has 2 aromatic carbocycles. The molecule has 3 heteroatoms. The van der Waals surface area contributed by atoms with Crippen LogP contribution in [-0.4, -0.2) is 10.2 Å². The maximum absolute atomic E-state index is 9.83. The molecular formula is C15H14O3. The van der Waals surface area contributed by atoms with E-state index in [1.54, 1.807) is 36.4 Å². The van der Waals surface area contributed by atoms with Crippen molar-refractivity contribution in [2.24, 2.45) is 0 Å². The van der Waals surface area contributed by atoms with Crippen molar-refractivity contribution >= 4 is 0 Å². The van der Waals surface area contributed by atoms with Crippen LogP contribution in [-0.2, 0) is 6.42 Å². The minimum Gasteiger partial charge on any atom is -0.504 e. The third kappa shape index (κ3) is 2.46. The van der Waals surface area contributed by atoms with Crippen LogP contribution >= 0.6 is 0 Å². The summed E-state index contributed by atoms with van der Waals surface area (Å²) in [4.78, 5) is 0. The highest BCUT2D eigenvalue weighted by Gasteiger charge is 2.11. The number of aromatic hydroxyl groups is 2. The van der Waals surface area contributed by atoms with Gasteiger partial charge in [-0.15, -0.1) is 6.58 Å². The summed E-state index contributed by atoms with van der Waals surface area (Å²) in [7, 11) is 0. The lowest BCUT2D eigenvalue weighted by molar-refractivity contribution is 0.383. The van der Waals surface area contributed by atoms with Gasteiger partial charge in [-0.05, 0) is 24.6 Å². The summed E-state index contributed by atoms with van der Waals surface area (Å²) in [5.41, 5.74) is 0.813. The molecule has 0 saturated carbocycles. The van der Waals surface area contributed by atoms with E-state index in [2.05, 4.69) is 6.58 Å². The van der Waals surface area contributed by atoms with E-state index in [0.717, 1.165) is 5.56 Å². The second-order valence-corrected chi connectivity index (χ2v) is 3.83. The highest BCUT2D eigenvalue weighted by Crippen LogP contribution is 2.37. The van der Waals surface area contributed by atoms with Gasteiger partial charge in [0.1, 0.15) is 0 Å². The number of hydrogen-bond donors (Lipinski definition) is 2. The molecule has 0 aliphatic heterocycles. The zero-order valence-electron chi connectivity index (χ0n) is 9.84. The summed E-state index contributed by atoms with van der Waals surface area (Å²) >= 11 is 0. The van der Waals surface area contributed by atoms with E-state index in [1.807, 2.05) is 6.07 Å². The predicted octanol–water partition coefficient (Wildman–Crippen LogP) is 3.62. The first-order valence-corrected chi connectivity index (χ1v) is 5.60. The maximum Gasteiger partial charge on any atom is 0.172 e. The topological polar surface area (TPSA) is 49.7 Å². The first-order valence-electron chi connectivity index (χ1n) is 5.60. The van der Waals surface area contributed by atoms with Gasteiger partial charge >= 0.3 is 0 Å². The molecule has 3 nitrogen and oxygen atoms in total. The standard InChI is InChI=1S/C15H14O3/c1-2-6-11-7-5-9-13(17)15(11)18-14-10-4-3-8-12(14)16/h2-5,7-10,16-17H,1,6H2. The fourth-order valence-corrected chi connectivity index (χ4v) is 1.66. The number of phenolic OH excluding ortho intramolecular Hbond substituents is 2. The highest BCUT2D eigenvalue weighted by atomic mass is 16.5. The van der Waals surface area contributed by atoms with Crippen molar-refractivity contribution < 1.29 is 14.9 Å². The molecule has 0 radical (unpaired) electrons. The van der Waals surface area contributed by atoms with Crippen molar-refractivity contribution in [3.05, 3.63) is 60.7 Å². The zero-order valence-corrected chi connectivity index (χ0v) is 9.84. The average molecular weight is 242 g/mol. The molecule has 0 aliphatic carbocycles. The SMILES string of the molecule is C=CCc1cccc(O)c1Oc1ccccc1O. The van der Waals surface area contributed by atoms with Gasteiger partial charge in [0.15, 0.2) is 23.0 Å². The number of benzene rings is 2. The van der Waals surface area contributed by atoms with Crippen LogP contribution in [0.3, 0.4) is 0 Å². The van der Waals surface area contributed by atoms with Gasteiger partial charge < -0.3 is 14.9 Å². The summed E-state index contributed by atoms with van der Waals surface area (Å²) in [6, 6.07) is 11.8. The fourth-order valence-electron chi connectivity index (χ4n) is 1.66. The van der Waals surface area contributed by atoms with E-state index in [1.165, 1.54) is 6.07 Å². The van der Waals surface area contributed by atoms with Gasteiger partial charge in [0.2, 0.25) is 0 Å². The number of para-hydroxylation sites is 3. The van der Waals surface area contributed by atoms with Gasteiger partial charge in [0, 0.05) is 5.56 Å². The summed E-state index contributed by atoms with van der Waals surface area (Å²) < 4.78 is 5.58. The van der Waals surface area contributed by atoms with Crippen LogP contribution in [0.15, 0.2) is 55.1 Å². The molecule has 18 heavy (non-hydrogen) atoms. The van der Waals surface area contributed by atoms with Crippen LogP contribution in [0.4, 0.5) is 0 Å². The average Bonchev–Trinajstić information content (AvgIpc) is 2.36. The van der Waals surface area contributed by atoms with Crippen LogP contribution in [0.1, 0.15) is 5.56 Å². The van der Waals surface area contributed by atoms with Crippen LogP contribution in [0.5, 0.6) is 23.0 Å². The van der Waals surface area contributed by atoms with E-state index in [0.29, 0.717) is 17.9 Å². The normalized spacial score (nSPS) is 10.0. The van der Waals surface area contributed by atoms with E-state index < -0.39 is 0 Å². The Balaban J connectivity index is 2.39. The Hall–Kier alpha value is -2.42. The molecule has 0 fully saturated rings. The van der Waals surface area contributed by atoms with E-state index >= 15 is 0 Å². The minimum atomic E-state index is 0.0327. The lowest BCUT2D eigenvalue weighted by Gasteiger charge is -2.12. The third-order valence-corrected chi connectivity index (χ3v) is 2.52. The molecule has 0 aliphatic rings. The Morgan fingerprint density at radius 3 is 2.44 bits per heavy atom. The Morgan fingerprint density at radius 1 is 1.00 bits per heavy atom. The van der Waals surface area contributed by atoms with Gasteiger partial charge in [0.05, 0.1) is 0 Å². The van der Waals surface area contributed by atoms with Gasteiger partial charge in [-0.2, -0.15) is 0 Å². The molecule has 2 N–H and O–H groups in total. The second-order valence-electron chi connectivity index (χ2n) is 3.83. The smallest absolute Gasteiger partial charge is 0.172 e. The Kier molecular flexibility index (Phi) is 3.53. The lowest BCUT2D eigenvalue weighted by Crippen LogP contribution is -1.91. The summed E-state index contributed by atoms with van der Waals surface area (Å²) in [6.45, 7) is 3.66. The molecule has 0 saturated heterocycles.